The van der Waals surface area contributed by atoms with E-state index >= 15 is 0 Å². The quantitative estimate of drug-likeness (QED) is 0.432. The van der Waals surface area contributed by atoms with Crippen molar-refractivity contribution < 1.29 is 17.3 Å². The first-order valence-electron chi connectivity index (χ1n) is 9.02. The first kappa shape index (κ1) is 20.2. The Bertz CT molecular complexity index is 1290. The van der Waals surface area contributed by atoms with Crippen molar-refractivity contribution in [3.05, 3.63) is 70.9 Å². The summed E-state index contributed by atoms with van der Waals surface area (Å²) >= 11 is 1.26. The van der Waals surface area contributed by atoms with Crippen LogP contribution < -0.4 is 4.31 Å². The number of nitrogens with zero attached hydrogens (tertiary/aromatic N) is 3. The van der Waals surface area contributed by atoms with Crippen LogP contribution in [-0.4, -0.2) is 25.6 Å². The molecular weight excluding hydrogens is 425 g/mol. The van der Waals surface area contributed by atoms with Gasteiger partial charge in [0.05, 0.1) is 10.6 Å². The molecule has 0 amide bonds. The van der Waals surface area contributed by atoms with Gasteiger partial charge >= 0.3 is 0 Å². The third kappa shape index (κ3) is 3.73. The van der Waals surface area contributed by atoms with Gasteiger partial charge in [0.2, 0.25) is 5.82 Å². The highest BCUT2D eigenvalue weighted by Crippen LogP contribution is 2.35. The standard InChI is InChI=1S/C21H18FN3O3S2/c1-13-4-10-17(11-5-13)25(3)30(26,27)19-12-18(29-14(19)2)21-23-20(24-28-21)15-6-8-16(22)9-7-15/h4-12H,1-3H3. The lowest BCUT2D eigenvalue weighted by atomic mass is 10.2. The molecule has 2 aromatic heterocycles. The van der Waals surface area contributed by atoms with E-state index in [9.17, 15) is 12.8 Å². The van der Waals surface area contributed by atoms with E-state index in [1.54, 1.807) is 37.3 Å². The minimum Gasteiger partial charge on any atom is -0.333 e. The molecular formula is C21H18FN3O3S2. The predicted octanol–water partition coefficient (Wildman–Crippen LogP) is 5.05. The van der Waals surface area contributed by atoms with Crippen LogP contribution in [-0.2, 0) is 10.0 Å². The fraction of sp³-hybridized carbons (Fsp3) is 0.143. The first-order valence-corrected chi connectivity index (χ1v) is 11.3. The van der Waals surface area contributed by atoms with E-state index in [-0.39, 0.29) is 16.6 Å². The van der Waals surface area contributed by atoms with Crippen LogP contribution in [0.3, 0.4) is 0 Å². The second kappa shape index (κ2) is 7.66. The van der Waals surface area contributed by atoms with Gasteiger partial charge in [0.15, 0.2) is 0 Å². The molecule has 0 fully saturated rings. The Kier molecular flexibility index (Phi) is 5.17. The van der Waals surface area contributed by atoms with E-state index < -0.39 is 10.0 Å². The molecule has 0 saturated heterocycles. The molecule has 0 N–H and O–H groups in total. The number of benzene rings is 2. The summed E-state index contributed by atoms with van der Waals surface area (Å²) in [6.07, 6.45) is 0. The Balaban J connectivity index is 1.66. The van der Waals surface area contributed by atoms with Crippen LogP contribution in [0.4, 0.5) is 10.1 Å². The molecule has 0 aliphatic rings. The lowest BCUT2D eigenvalue weighted by Crippen LogP contribution is -2.26. The SMILES string of the molecule is Cc1ccc(N(C)S(=O)(=O)c2cc(-c3nc(-c4ccc(F)cc4)no3)sc2C)cc1. The number of rotatable bonds is 5. The Labute approximate surface area is 177 Å². The van der Waals surface area contributed by atoms with Crippen LogP contribution in [0.5, 0.6) is 0 Å². The summed E-state index contributed by atoms with van der Waals surface area (Å²) in [4.78, 5) is 5.68. The van der Waals surface area contributed by atoms with Crippen LogP contribution in [0.15, 0.2) is 64.0 Å². The summed E-state index contributed by atoms with van der Waals surface area (Å²) in [6, 6.07) is 14.5. The maximum absolute atomic E-state index is 13.2. The van der Waals surface area contributed by atoms with E-state index in [1.165, 1.54) is 34.8 Å². The fourth-order valence-electron chi connectivity index (χ4n) is 2.91. The molecule has 9 heteroatoms. The number of halogens is 1. The van der Waals surface area contributed by atoms with Crippen molar-refractivity contribution in [2.45, 2.75) is 18.7 Å². The van der Waals surface area contributed by atoms with Crippen molar-refractivity contribution in [2.75, 3.05) is 11.4 Å². The maximum atomic E-state index is 13.2. The third-order valence-electron chi connectivity index (χ3n) is 4.65. The molecule has 30 heavy (non-hydrogen) atoms. The van der Waals surface area contributed by atoms with E-state index in [0.29, 0.717) is 26.8 Å². The Morgan fingerprint density at radius 3 is 2.37 bits per heavy atom. The average molecular weight is 444 g/mol. The molecule has 0 aliphatic heterocycles. The van der Waals surface area contributed by atoms with Crippen molar-refractivity contribution in [1.82, 2.24) is 10.1 Å². The number of anilines is 1. The molecule has 0 radical (unpaired) electrons. The zero-order chi connectivity index (χ0) is 21.5. The van der Waals surface area contributed by atoms with Gasteiger partial charge in [-0.25, -0.2) is 12.8 Å². The lowest BCUT2D eigenvalue weighted by Gasteiger charge is -2.19. The summed E-state index contributed by atoms with van der Waals surface area (Å²) in [5.41, 5.74) is 2.22. The summed E-state index contributed by atoms with van der Waals surface area (Å²) in [5.74, 6) is 0.156. The maximum Gasteiger partial charge on any atom is 0.268 e. The molecule has 0 atom stereocenters. The lowest BCUT2D eigenvalue weighted by molar-refractivity contribution is 0.433. The summed E-state index contributed by atoms with van der Waals surface area (Å²) in [6.45, 7) is 3.68. The second-order valence-electron chi connectivity index (χ2n) is 6.77. The minimum absolute atomic E-state index is 0.187. The number of aromatic nitrogens is 2. The monoisotopic (exact) mass is 443 g/mol. The molecule has 2 heterocycles. The van der Waals surface area contributed by atoms with Gasteiger partial charge in [-0.15, -0.1) is 11.3 Å². The molecule has 4 aromatic rings. The van der Waals surface area contributed by atoms with Crippen molar-refractivity contribution in [3.63, 3.8) is 0 Å². The zero-order valence-electron chi connectivity index (χ0n) is 16.5. The van der Waals surface area contributed by atoms with Gasteiger partial charge in [-0.3, -0.25) is 4.31 Å². The minimum atomic E-state index is -3.76. The van der Waals surface area contributed by atoms with E-state index in [1.807, 2.05) is 19.1 Å². The highest BCUT2D eigenvalue weighted by molar-refractivity contribution is 7.93. The number of aryl methyl sites for hydroxylation is 2. The van der Waals surface area contributed by atoms with Gasteiger partial charge in [0.25, 0.3) is 15.9 Å². The van der Waals surface area contributed by atoms with Gasteiger partial charge in [-0.1, -0.05) is 22.9 Å². The predicted molar refractivity (Wildman–Crippen MR) is 115 cm³/mol. The molecule has 154 valence electrons. The number of hydrogen-bond acceptors (Lipinski definition) is 6. The van der Waals surface area contributed by atoms with Crippen LogP contribution in [0, 0.1) is 19.7 Å². The Morgan fingerprint density at radius 2 is 1.70 bits per heavy atom. The number of thiophene rings is 1. The van der Waals surface area contributed by atoms with E-state index in [4.69, 9.17) is 4.52 Å². The second-order valence-corrected chi connectivity index (χ2v) is 9.96. The van der Waals surface area contributed by atoms with Gasteiger partial charge in [-0.2, -0.15) is 4.98 Å². The van der Waals surface area contributed by atoms with Crippen LogP contribution in [0.2, 0.25) is 0 Å². The summed E-state index contributed by atoms with van der Waals surface area (Å²) in [5, 5.41) is 3.92. The first-order chi connectivity index (χ1) is 14.3. The number of sulfonamides is 1. The van der Waals surface area contributed by atoms with E-state index in [2.05, 4.69) is 10.1 Å². The Hall–Kier alpha value is -3.04. The van der Waals surface area contributed by atoms with E-state index in [0.717, 1.165) is 5.56 Å². The fourth-order valence-corrected chi connectivity index (χ4v) is 5.58. The number of hydrogen-bond donors (Lipinski definition) is 0. The Morgan fingerprint density at radius 1 is 1.03 bits per heavy atom. The third-order valence-corrected chi connectivity index (χ3v) is 7.73. The highest BCUT2D eigenvalue weighted by Gasteiger charge is 2.27. The molecule has 4 rings (SSSR count). The molecule has 2 aromatic carbocycles. The van der Waals surface area contributed by atoms with Crippen LogP contribution in [0.1, 0.15) is 10.4 Å². The van der Waals surface area contributed by atoms with Crippen LogP contribution >= 0.6 is 11.3 Å². The van der Waals surface area contributed by atoms with Crippen molar-refractivity contribution in [2.24, 2.45) is 0 Å². The normalized spacial score (nSPS) is 11.6. The average Bonchev–Trinajstić information content (AvgIpc) is 3.36. The van der Waals surface area contributed by atoms with Gasteiger partial charge < -0.3 is 4.52 Å². The van der Waals surface area contributed by atoms with Crippen molar-refractivity contribution >= 4 is 27.0 Å². The van der Waals surface area contributed by atoms with Gasteiger partial charge in [0, 0.05) is 17.5 Å². The summed E-state index contributed by atoms with van der Waals surface area (Å²) < 4.78 is 46.0. The van der Waals surface area contributed by atoms with Gasteiger partial charge in [0.1, 0.15) is 10.7 Å². The topological polar surface area (TPSA) is 76.3 Å². The van der Waals surface area contributed by atoms with Crippen LogP contribution in [0.25, 0.3) is 22.2 Å². The molecule has 0 unspecified atom stereocenters. The van der Waals surface area contributed by atoms with Crippen molar-refractivity contribution in [3.8, 4) is 22.2 Å². The molecule has 6 nitrogen and oxygen atoms in total. The largest absolute Gasteiger partial charge is 0.333 e. The summed E-state index contributed by atoms with van der Waals surface area (Å²) in [7, 11) is -2.24. The van der Waals surface area contributed by atoms with Gasteiger partial charge in [-0.05, 0) is 56.3 Å². The molecule has 0 aliphatic carbocycles. The molecule has 0 spiro atoms. The van der Waals surface area contributed by atoms with Crippen molar-refractivity contribution in [1.29, 1.82) is 0 Å². The zero-order valence-corrected chi connectivity index (χ0v) is 18.1. The smallest absolute Gasteiger partial charge is 0.268 e. The molecule has 0 bridgehead atoms. The molecule has 0 saturated carbocycles. The highest BCUT2D eigenvalue weighted by atomic mass is 32.2.